The Morgan fingerprint density at radius 1 is 1.50 bits per heavy atom. The van der Waals surface area contributed by atoms with E-state index in [4.69, 9.17) is 0 Å². The Bertz CT molecular complexity index is 454. The number of aryl methyl sites for hydroxylation is 1. The van der Waals surface area contributed by atoms with Crippen molar-refractivity contribution < 1.29 is 18.0 Å². The summed E-state index contributed by atoms with van der Waals surface area (Å²) in [5.74, 6) is -0.589. The predicted molar refractivity (Wildman–Crippen MR) is 69.0 cm³/mol. The smallest absolute Gasteiger partial charge is 0.356 e. The largest absolute Gasteiger partial charge is 0.435 e. The summed E-state index contributed by atoms with van der Waals surface area (Å²) >= 11 is 0. The SMILES string of the molecule is CCCCNC(=O)C(C)Cn1nc(C(F)(F)F)cc1C. The number of unbranched alkanes of at least 4 members (excludes halogenated alkanes) is 1. The Kier molecular flexibility index (Phi) is 5.59. The lowest BCUT2D eigenvalue weighted by atomic mass is 10.1. The molecule has 1 amide bonds. The highest BCUT2D eigenvalue weighted by Crippen LogP contribution is 2.28. The molecule has 0 fully saturated rings. The first kappa shape index (κ1) is 16.5. The fraction of sp³-hybridized carbons (Fsp3) is 0.692. The summed E-state index contributed by atoms with van der Waals surface area (Å²) in [5, 5.41) is 6.27. The van der Waals surface area contributed by atoms with Gasteiger partial charge in [-0.15, -0.1) is 0 Å². The molecule has 0 aliphatic rings. The standard InChI is InChI=1S/C13H20F3N3O/c1-4-5-6-17-12(20)9(2)8-19-10(3)7-11(18-19)13(14,15)16/h7,9H,4-6,8H2,1-3H3,(H,17,20). The molecule has 0 bridgehead atoms. The van der Waals surface area contributed by atoms with E-state index in [1.165, 1.54) is 4.68 Å². The van der Waals surface area contributed by atoms with Crippen molar-refractivity contribution >= 4 is 5.91 Å². The Hall–Kier alpha value is -1.53. The van der Waals surface area contributed by atoms with Crippen molar-refractivity contribution in [1.29, 1.82) is 0 Å². The molecule has 1 heterocycles. The topological polar surface area (TPSA) is 46.9 Å². The lowest BCUT2D eigenvalue weighted by molar-refractivity contribution is -0.141. The molecule has 7 heteroatoms. The van der Waals surface area contributed by atoms with Crippen molar-refractivity contribution in [1.82, 2.24) is 15.1 Å². The summed E-state index contributed by atoms with van der Waals surface area (Å²) in [6.45, 7) is 5.96. The summed E-state index contributed by atoms with van der Waals surface area (Å²) < 4.78 is 38.8. The fourth-order valence-corrected chi connectivity index (χ4v) is 1.74. The molecule has 1 aromatic heterocycles. The maximum atomic E-state index is 12.5. The normalized spacial score (nSPS) is 13.3. The minimum absolute atomic E-state index is 0.139. The first-order chi connectivity index (χ1) is 9.25. The molecule has 1 atom stereocenters. The van der Waals surface area contributed by atoms with Crippen LogP contribution in [0.15, 0.2) is 6.07 Å². The first-order valence-electron chi connectivity index (χ1n) is 6.65. The summed E-state index contributed by atoms with van der Waals surface area (Å²) in [4.78, 5) is 11.8. The number of hydrogen-bond acceptors (Lipinski definition) is 2. The van der Waals surface area contributed by atoms with Gasteiger partial charge in [-0.2, -0.15) is 18.3 Å². The van der Waals surface area contributed by atoms with E-state index in [2.05, 4.69) is 10.4 Å². The van der Waals surface area contributed by atoms with E-state index in [-0.39, 0.29) is 12.5 Å². The van der Waals surface area contributed by atoms with Crippen LogP contribution in [0.25, 0.3) is 0 Å². The monoisotopic (exact) mass is 291 g/mol. The molecular weight excluding hydrogens is 271 g/mol. The highest BCUT2D eigenvalue weighted by atomic mass is 19.4. The van der Waals surface area contributed by atoms with Crippen molar-refractivity contribution in [3.63, 3.8) is 0 Å². The van der Waals surface area contributed by atoms with Crippen LogP contribution in [0.5, 0.6) is 0 Å². The van der Waals surface area contributed by atoms with Crippen LogP contribution in [0.2, 0.25) is 0 Å². The van der Waals surface area contributed by atoms with Crippen LogP contribution in [0.4, 0.5) is 13.2 Å². The van der Waals surface area contributed by atoms with E-state index in [0.717, 1.165) is 18.9 Å². The van der Waals surface area contributed by atoms with E-state index in [0.29, 0.717) is 12.2 Å². The average Bonchev–Trinajstić information content (AvgIpc) is 2.71. The number of hydrogen-bond donors (Lipinski definition) is 1. The Morgan fingerprint density at radius 2 is 2.15 bits per heavy atom. The molecule has 1 N–H and O–H groups in total. The van der Waals surface area contributed by atoms with Gasteiger partial charge in [-0.1, -0.05) is 20.3 Å². The summed E-state index contributed by atoms with van der Waals surface area (Å²) in [7, 11) is 0. The van der Waals surface area contributed by atoms with Crippen LogP contribution in [0, 0.1) is 12.8 Å². The first-order valence-corrected chi connectivity index (χ1v) is 6.65. The maximum Gasteiger partial charge on any atom is 0.435 e. The molecule has 0 aliphatic carbocycles. The Balaban J connectivity index is 2.64. The number of rotatable bonds is 6. The lowest BCUT2D eigenvalue weighted by Gasteiger charge is -2.13. The summed E-state index contributed by atoms with van der Waals surface area (Å²) in [5.41, 5.74) is -0.529. The van der Waals surface area contributed by atoms with Crippen LogP contribution in [-0.4, -0.2) is 22.2 Å². The van der Waals surface area contributed by atoms with Gasteiger partial charge in [0.05, 0.1) is 12.5 Å². The Labute approximate surface area is 116 Å². The lowest BCUT2D eigenvalue weighted by Crippen LogP contribution is -2.32. The van der Waals surface area contributed by atoms with E-state index < -0.39 is 17.8 Å². The fourth-order valence-electron chi connectivity index (χ4n) is 1.74. The maximum absolute atomic E-state index is 12.5. The quantitative estimate of drug-likeness (QED) is 0.819. The molecule has 0 aromatic carbocycles. The van der Waals surface area contributed by atoms with Crippen molar-refractivity contribution in [2.75, 3.05) is 6.54 Å². The van der Waals surface area contributed by atoms with Crippen LogP contribution in [0.3, 0.4) is 0 Å². The Morgan fingerprint density at radius 3 is 2.65 bits per heavy atom. The highest BCUT2D eigenvalue weighted by Gasteiger charge is 2.34. The van der Waals surface area contributed by atoms with E-state index in [9.17, 15) is 18.0 Å². The molecule has 0 aliphatic heterocycles. The number of nitrogens with one attached hydrogen (secondary N) is 1. The van der Waals surface area contributed by atoms with Gasteiger partial charge in [-0.05, 0) is 19.4 Å². The van der Waals surface area contributed by atoms with Gasteiger partial charge in [0.15, 0.2) is 5.69 Å². The van der Waals surface area contributed by atoms with Crippen molar-refractivity contribution in [2.24, 2.45) is 5.92 Å². The summed E-state index contributed by atoms with van der Waals surface area (Å²) in [6.07, 6.45) is -2.60. The third-order valence-corrected chi connectivity index (χ3v) is 3.00. The zero-order valence-electron chi connectivity index (χ0n) is 11.9. The molecule has 0 radical (unpaired) electrons. The average molecular weight is 291 g/mol. The van der Waals surface area contributed by atoms with E-state index in [1.54, 1.807) is 13.8 Å². The number of alkyl halides is 3. The van der Waals surface area contributed by atoms with Gasteiger partial charge in [0, 0.05) is 12.2 Å². The molecule has 1 unspecified atom stereocenters. The second-order valence-corrected chi connectivity index (χ2v) is 4.90. The molecular formula is C13H20F3N3O. The summed E-state index contributed by atoms with van der Waals surface area (Å²) in [6, 6.07) is 0.988. The van der Waals surface area contributed by atoms with Crippen molar-refractivity contribution in [2.45, 2.75) is 46.3 Å². The van der Waals surface area contributed by atoms with Gasteiger partial charge in [-0.25, -0.2) is 0 Å². The third-order valence-electron chi connectivity index (χ3n) is 3.00. The molecule has 1 rings (SSSR count). The number of carbonyl (C=O) groups excluding carboxylic acids is 1. The van der Waals surface area contributed by atoms with Gasteiger partial charge >= 0.3 is 6.18 Å². The van der Waals surface area contributed by atoms with Gasteiger partial charge in [-0.3, -0.25) is 9.48 Å². The number of halogens is 3. The molecule has 114 valence electrons. The van der Waals surface area contributed by atoms with E-state index >= 15 is 0 Å². The van der Waals surface area contributed by atoms with Gasteiger partial charge in [0.25, 0.3) is 0 Å². The molecule has 0 spiro atoms. The van der Waals surface area contributed by atoms with Crippen LogP contribution in [-0.2, 0) is 17.5 Å². The van der Waals surface area contributed by atoms with Gasteiger partial charge < -0.3 is 5.32 Å². The zero-order valence-corrected chi connectivity index (χ0v) is 11.9. The third kappa shape index (κ3) is 4.54. The molecule has 4 nitrogen and oxygen atoms in total. The number of aromatic nitrogens is 2. The number of amides is 1. The van der Waals surface area contributed by atoms with E-state index in [1.807, 2.05) is 6.92 Å². The van der Waals surface area contributed by atoms with Gasteiger partial charge in [0.2, 0.25) is 5.91 Å². The minimum atomic E-state index is -4.46. The van der Waals surface area contributed by atoms with Gasteiger partial charge in [0.1, 0.15) is 0 Å². The number of carbonyl (C=O) groups is 1. The molecule has 0 saturated carbocycles. The minimum Gasteiger partial charge on any atom is -0.356 e. The van der Waals surface area contributed by atoms with Crippen LogP contribution < -0.4 is 5.32 Å². The number of nitrogens with zero attached hydrogens (tertiary/aromatic N) is 2. The second kappa shape index (κ2) is 6.76. The van der Waals surface area contributed by atoms with Crippen LogP contribution in [0.1, 0.15) is 38.1 Å². The second-order valence-electron chi connectivity index (χ2n) is 4.90. The van der Waals surface area contributed by atoms with Crippen LogP contribution >= 0.6 is 0 Å². The molecule has 20 heavy (non-hydrogen) atoms. The molecule has 0 saturated heterocycles. The van der Waals surface area contributed by atoms with Crippen molar-refractivity contribution in [3.8, 4) is 0 Å². The highest BCUT2D eigenvalue weighted by molar-refractivity contribution is 5.78. The zero-order chi connectivity index (χ0) is 15.3. The molecule has 1 aromatic rings. The predicted octanol–water partition coefficient (Wildman–Crippen LogP) is 2.76. The van der Waals surface area contributed by atoms with Crippen molar-refractivity contribution in [3.05, 3.63) is 17.5 Å².